The van der Waals surface area contributed by atoms with Gasteiger partial charge in [0.15, 0.2) is 0 Å². The fourth-order valence-electron chi connectivity index (χ4n) is 4.39. The van der Waals surface area contributed by atoms with Crippen LogP contribution < -0.4 is 0 Å². The van der Waals surface area contributed by atoms with Gasteiger partial charge in [-0.1, -0.05) is 36.4 Å². The molecule has 0 amide bonds. The number of aliphatic hydroxyl groups excluding tert-OH is 1. The van der Waals surface area contributed by atoms with Gasteiger partial charge in [-0.3, -0.25) is 9.80 Å². The van der Waals surface area contributed by atoms with Gasteiger partial charge >= 0.3 is 6.18 Å². The maximum absolute atomic E-state index is 12.6. The molecular weight excluding hydrogens is 379 g/mol. The Morgan fingerprint density at radius 1 is 0.793 bits per heavy atom. The van der Waals surface area contributed by atoms with E-state index in [9.17, 15) is 18.3 Å². The molecule has 0 aliphatic carbocycles. The van der Waals surface area contributed by atoms with Gasteiger partial charge in [0, 0.05) is 41.4 Å². The van der Waals surface area contributed by atoms with E-state index in [1.807, 2.05) is 24.3 Å². The molecule has 0 spiro atoms. The van der Waals surface area contributed by atoms with E-state index in [1.165, 1.54) is 4.90 Å². The van der Waals surface area contributed by atoms with Gasteiger partial charge in [-0.05, 0) is 31.6 Å². The summed E-state index contributed by atoms with van der Waals surface area (Å²) in [4.78, 5) is 3.54. The predicted molar refractivity (Wildman–Crippen MR) is 109 cm³/mol. The smallest absolute Gasteiger partial charge is 0.390 e. The molecule has 1 atom stereocenters. The van der Waals surface area contributed by atoms with E-state index in [4.69, 9.17) is 0 Å². The number of alkyl halides is 3. The molecule has 156 valence electrons. The Morgan fingerprint density at radius 3 is 1.97 bits per heavy atom. The van der Waals surface area contributed by atoms with Gasteiger partial charge in [0.25, 0.3) is 0 Å². The first-order chi connectivity index (χ1) is 13.9. The van der Waals surface area contributed by atoms with Gasteiger partial charge in [-0.25, -0.2) is 0 Å². The van der Waals surface area contributed by atoms with Crippen molar-refractivity contribution in [3.8, 4) is 0 Å². The summed E-state index contributed by atoms with van der Waals surface area (Å²) in [7, 11) is 0. The van der Waals surface area contributed by atoms with Gasteiger partial charge in [0.2, 0.25) is 0 Å². The van der Waals surface area contributed by atoms with Gasteiger partial charge in [-0.15, -0.1) is 0 Å². The fraction of sp³-hybridized carbons (Fsp3) is 0.455. The number of para-hydroxylation sites is 2. The molecule has 4 rings (SSSR count). The molecule has 0 bridgehead atoms. The summed E-state index contributed by atoms with van der Waals surface area (Å²) in [6, 6.07) is 16.3. The van der Waals surface area contributed by atoms with Crippen LogP contribution in [0.1, 0.15) is 6.42 Å². The first-order valence-corrected chi connectivity index (χ1v) is 10.1. The molecule has 2 heterocycles. The van der Waals surface area contributed by atoms with Crippen molar-refractivity contribution in [2.24, 2.45) is 0 Å². The summed E-state index contributed by atoms with van der Waals surface area (Å²) in [5, 5.41) is 13.1. The molecule has 4 nitrogen and oxygen atoms in total. The average Bonchev–Trinajstić information content (AvgIpc) is 2.82. The Labute approximate surface area is 168 Å². The van der Waals surface area contributed by atoms with Crippen molar-refractivity contribution in [3.05, 3.63) is 48.5 Å². The van der Waals surface area contributed by atoms with E-state index in [0.717, 1.165) is 21.8 Å². The van der Waals surface area contributed by atoms with Gasteiger partial charge in [0.1, 0.15) is 0 Å². The van der Waals surface area contributed by atoms with Crippen LogP contribution in [-0.2, 0) is 6.54 Å². The third-order valence-corrected chi connectivity index (χ3v) is 5.63. The molecule has 1 fully saturated rings. The predicted octanol–water partition coefficient (Wildman–Crippen LogP) is 3.73. The summed E-state index contributed by atoms with van der Waals surface area (Å²) in [6.07, 6.45) is -4.08. The molecule has 1 unspecified atom stereocenters. The summed E-state index contributed by atoms with van der Waals surface area (Å²) < 4.78 is 40.1. The van der Waals surface area contributed by atoms with Crippen molar-refractivity contribution in [3.63, 3.8) is 0 Å². The lowest BCUT2D eigenvalue weighted by molar-refractivity contribution is -0.145. The van der Waals surface area contributed by atoms with Crippen LogP contribution in [0.2, 0.25) is 0 Å². The van der Waals surface area contributed by atoms with E-state index in [1.54, 1.807) is 0 Å². The summed E-state index contributed by atoms with van der Waals surface area (Å²) in [5.41, 5.74) is 2.17. The molecule has 2 aromatic carbocycles. The Morgan fingerprint density at radius 2 is 1.34 bits per heavy atom. The summed E-state index contributed by atoms with van der Waals surface area (Å²) in [6.45, 7) is 2.13. The number of halogens is 3. The number of hydrogen-bond acceptors (Lipinski definition) is 3. The standard InChI is InChI=1S/C22H26F3N3O/c23-22(24,25)16-27-11-5-10-26(12-13-27)14-17(29)15-28-20-8-3-1-6-18(20)19-7-2-4-9-21(19)28/h1-4,6-9,17,29H,5,10-16H2. The number of aromatic nitrogens is 1. The zero-order valence-corrected chi connectivity index (χ0v) is 16.3. The quantitative estimate of drug-likeness (QED) is 0.702. The highest BCUT2D eigenvalue weighted by Crippen LogP contribution is 2.29. The molecule has 7 heteroatoms. The van der Waals surface area contributed by atoms with Crippen molar-refractivity contribution in [2.75, 3.05) is 39.3 Å². The second-order valence-corrected chi connectivity index (χ2v) is 7.84. The van der Waals surface area contributed by atoms with E-state index >= 15 is 0 Å². The fourth-order valence-corrected chi connectivity index (χ4v) is 4.39. The van der Waals surface area contributed by atoms with Crippen molar-refractivity contribution < 1.29 is 18.3 Å². The van der Waals surface area contributed by atoms with Crippen molar-refractivity contribution in [2.45, 2.75) is 25.2 Å². The largest absolute Gasteiger partial charge is 0.401 e. The first-order valence-electron chi connectivity index (χ1n) is 10.1. The Balaban J connectivity index is 1.44. The van der Waals surface area contributed by atoms with Gasteiger partial charge < -0.3 is 9.67 Å². The lowest BCUT2D eigenvalue weighted by atomic mass is 10.2. The third kappa shape index (κ3) is 4.74. The Hall–Kier alpha value is -2.09. The Bertz CT molecular complexity index is 915. The highest BCUT2D eigenvalue weighted by Gasteiger charge is 2.31. The molecule has 29 heavy (non-hydrogen) atoms. The minimum Gasteiger partial charge on any atom is -0.390 e. The lowest BCUT2D eigenvalue weighted by Crippen LogP contribution is -2.39. The van der Waals surface area contributed by atoms with Crippen LogP contribution in [0.5, 0.6) is 0 Å². The van der Waals surface area contributed by atoms with Crippen LogP contribution in [0.15, 0.2) is 48.5 Å². The number of aliphatic hydroxyl groups is 1. The zero-order chi connectivity index (χ0) is 20.4. The van der Waals surface area contributed by atoms with Crippen LogP contribution in [0.3, 0.4) is 0 Å². The molecule has 1 aliphatic heterocycles. The van der Waals surface area contributed by atoms with E-state index in [2.05, 4.69) is 33.7 Å². The topological polar surface area (TPSA) is 31.6 Å². The van der Waals surface area contributed by atoms with Crippen LogP contribution in [0, 0.1) is 0 Å². The number of fused-ring (bicyclic) bond motifs is 3. The minimum atomic E-state index is -4.16. The second-order valence-electron chi connectivity index (χ2n) is 7.84. The SMILES string of the molecule is OC(CN1CCCN(CC(F)(F)F)CC1)Cn1c2ccccc2c2ccccc21. The highest BCUT2D eigenvalue weighted by molar-refractivity contribution is 6.07. The molecule has 0 radical (unpaired) electrons. The average molecular weight is 405 g/mol. The Kier molecular flexibility index (Phi) is 5.81. The number of β-amino-alcohol motifs (C(OH)–C–C–N with tert-alkyl or cyclic N) is 1. The number of hydrogen-bond donors (Lipinski definition) is 1. The number of rotatable bonds is 5. The third-order valence-electron chi connectivity index (χ3n) is 5.63. The number of benzene rings is 2. The van der Waals surface area contributed by atoms with Crippen LogP contribution in [0.4, 0.5) is 13.2 Å². The van der Waals surface area contributed by atoms with Crippen LogP contribution in [-0.4, -0.2) is 71.0 Å². The maximum atomic E-state index is 12.6. The molecule has 1 N–H and O–H groups in total. The van der Waals surface area contributed by atoms with Gasteiger partial charge in [-0.2, -0.15) is 13.2 Å². The molecule has 1 saturated heterocycles. The van der Waals surface area contributed by atoms with Crippen LogP contribution in [0.25, 0.3) is 21.8 Å². The highest BCUT2D eigenvalue weighted by atomic mass is 19.4. The van der Waals surface area contributed by atoms with Crippen LogP contribution >= 0.6 is 0 Å². The molecule has 1 aromatic heterocycles. The van der Waals surface area contributed by atoms with Gasteiger partial charge in [0.05, 0.1) is 19.2 Å². The minimum absolute atomic E-state index is 0.377. The summed E-state index contributed by atoms with van der Waals surface area (Å²) >= 11 is 0. The van der Waals surface area contributed by atoms with Crippen molar-refractivity contribution >= 4 is 21.8 Å². The summed E-state index contributed by atoms with van der Waals surface area (Å²) in [5.74, 6) is 0. The van der Waals surface area contributed by atoms with Crippen molar-refractivity contribution in [1.29, 1.82) is 0 Å². The second kappa shape index (κ2) is 8.34. The monoisotopic (exact) mass is 405 g/mol. The lowest BCUT2D eigenvalue weighted by Gasteiger charge is -2.25. The number of nitrogens with zero attached hydrogens (tertiary/aromatic N) is 3. The first kappa shape index (κ1) is 20.2. The van der Waals surface area contributed by atoms with E-state index in [-0.39, 0.29) is 0 Å². The molecular formula is C22H26F3N3O. The molecule has 0 saturated carbocycles. The zero-order valence-electron chi connectivity index (χ0n) is 16.3. The molecule has 3 aromatic rings. The normalized spacial score (nSPS) is 18.3. The maximum Gasteiger partial charge on any atom is 0.401 e. The van der Waals surface area contributed by atoms with E-state index in [0.29, 0.717) is 45.7 Å². The van der Waals surface area contributed by atoms with E-state index < -0.39 is 18.8 Å². The molecule has 1 aliphatic rings. The van der Waals surface area contributed by atoms with Crippen molar-refractivity contribution in [1.82, 2.24) is 14.4 Å².